The van der Waals surface area contributed by atoms with Gasteiger partial charge in [0.1, 0.15) is 0 Å². The van der Waals surface area contributed by atoms with E-state index >= 15 is 0 Å². The van der Waals surface area contributed by atoms with Crippen molar-refractivity contribution in [2.24, 2.45) is 0 Å². The zero-order valence-corrected chi connectivity index (χ0v) is 12.7. The van der Waals surface area contributed by atoms with E-state index in [0.717, 1.165) is 17.8 Å². The van der Waals surface area contributed by atoms with Crippen LogP contribution in [0.1, 0.15) is 20.8 Å². The van der Waals surface area contributed by atoms with Gasteiger partial charge in [-0.2, -0.15) is 0 Å². The Kier molecular flexibility index (Phi) is 4.29. The van der Waals surface area contributed by atoms with Crippen LogP contribution in [-0.2, 0) is 11.3 Å². The number of benzene rings is 1. The van der Waals surface area contributed by atoms with Crippen molar-refractivity contribution >= 4 is 28.7 Å². The predicted molar refractivity (Wildman–Crippen MR) is 83.4 cm³/mol. The van der Waals surface area contributed by atoms with E-state index in [1.807, 2.05) is 26.1 Å². The van der Waals surface area contributed by atoms with Crippen molar-refractivity contribution in [3.63, 3.8) is 0 Å². The third kappa shape index (κ3) is 2.93. The summed E-state index contributed by atoms with van der Waals surface area (Å²) < 4.78 is 4.78. The predicted octanol–water partition coefficient (Wildman–Crippen LogP) is 3.06. The average molecular weight is 290 g/mol. The summed E-state index contributed by atoms with van der Waals surface area (Å²) >= 11 is 1.71. The zero-order chi connectivity index (χ0) is 14.7. The van der Waals surface area contributed by atoms with Crippen LogP contribution in [0.5, 0.6) is 0 Å². The van der Waals surface area contributed by atoms with Crippen molar-refractivity contribution in [3.8, 4) is 0 Å². The van der Waals surface area contributed by atoms with Crippen LogP contribution in [0.2, 0.25) is 0 Å². The van der Waals surface area contributed by atoms with Crippen molar-refractivity contribution < 1.29 is 9.53 Å². The van der Waals surface area contributed by atoms with Crippen LogP contribution >= 0.6 is 11.3 Å². The first-order valence-electron chi connectivity index (χ1n) is 6.25. The molecule has 2 rings (SSSR count). The van der Waals surface area contributed by atoms with Crippen molar-refractivity contribution in [1.82, 2.24) is 0 Å². The van der Waals surface area contributed by atoms with E-state index in [4.69, 9.17) is 10.5 Å². The van der Waals surface area contributed by atoms with E-state index in [0.29, 0.717) is 11.3 Å². The standard InChI is InChI=1S/C15H18N2O2S/c1-10-7-11(8-13(14(10)16)15(18)19-3)17(2)9-12-5-4-6-20-12/h4-8H,9,16H2,1-3H3. The van der Waals surface area contributed by atoms with Crippen LogP contribution in [0.15, 0.2) is 29.6 Å². The number of esters is 1. The number of aryl methyl sites for hydroxylation is 1. The molecule has 5 heteroatoms. The maximum atomic E-state index is 11.8. The van der Waals surface area contributed by atoms with Crippen molar-refractivity contribution in [2.75, 3.05) is 24.8 Å². The molecule has 0 spiro atoms. The molecule has 0 aliphatic carbocycles. The number of anilines is 2. The molecule has 0 aliphatic heterocycles. The number of hydrogen-bond acceptors (Lipinski definition) is 5. The summed E-state index contributed by atoms with van der Waals surface area (Å²) in [5.74, 6) is -0.406. The summed E-state index contributed by atoms with van der Waals surface area (Å²) in [7, 11) is 3.35. The van der Waals surface area contributed by atoms with Gasteiger partial charge in [0.05, 0.1) is 19.2 Å². The molecule has 0 fully saturated rings. The minimum Gasteiger partial charge on any atom is -0.465 e. The van der Waals surface area contributed by atoms with Gasteiger partial charge in [0, 0.05) is 23.3 Å². The summed E-state index contributed by atoms with van der Waals surface area (Å²) in [6, 6.07) is 7.88. The second-order valence-corrected chi connectivity index (χ2v) is 5.68. The lowest BCUT2D eigenvalue weighted by Gasteiger charge is -2.21. The molecular weight excluding hydrogens is 272 g/mol. The number of rotatable bonds is 4. The Labute approximate surface area is 122 Å². The second kappa shape index (κ2) is 5.96. The molecule has 1 heterocycles. The number of ether oxygens (including phenoxy) is 1. The zero-order valence-electron chi connectivity index (χ0n) is 11.8. The minimum absolute atomic E-state index is 0.406. The highest BCUT2D eigenvalue weighted by molar-refractivity contribution is 7.09. The Hall–Kier alpha value is -2.01. The summed E-state index contributed by atoms with van der Waals surface area (Å²) in [4.78, 5) is 15.1. The van der Waals surface area contributed by atoms with Crippen LogP contribution < -0.4 is 10.6 Å². The first kappa shape index (κ1) is 14.4. The molecule has 106 valence electrons. The fourth-order valence-corrected chi connectivity index (χ4v) is 2.76. The molecule has 20 heavy (non-hydrogen) atoms. The molecule has 0 saturated heterocycles. The molecule has 0 saturated carbocycles. The van der Waals surface area contributed by atoms with Gasteiger partial charge in [0.15, 0.2) is 0 Å². The normalized spacial score (nSPS) is 10.3. The van der Waals surface area contributed by atoms with E-state index in [2.05, 4.69) is 16.3 Å². The highest BCUT2D eigenvalue weighted by Gasteiger charge is 2.15. The number of thiophene rings is 1. The van der Waals surface area contributed by atoms with Gasteiger partial charge >= 0.3 is 5.97 Å². The summed E-state index contributed by atoms with van der Waals surface area (Å²) in [6.45, 7) is 2.69. The lowest BCUT2D eigenvalue weighted by atomic mass is 10.1. The average Bonchev–Trinajstić information content (AvgIpc) is 2.93. The summed E-state index contributed by atoms with van der Waals surface area (Å²) in [5, 5.41) is 2.05. The van der Waals surface area contributed by atoms with Crippen LogP contribution in [-0.4, -0.2) is 20.1 Å². The lowest BCUT2D eigenvalue weighted by Crippen LogP contribution is -2.17. The maximum absolute atomic E-state index is 11.8. The summed E-state index contributed by atoms with van der Waals surface area (Å²) in [6.07, 6.45) is 0. The number of hydrogen-bond donors (Lipinski definition) is 1. The van der Waals surface area contributed by atoms with Crippen LogP contribution in [0, 0.1) is 6.92 Å². The second-order valence-electron chi connectivity index (χ2n) is 4.65. The minimum atomic E-state index is -0.406. The molecule has 0 aliphatic rings. The van der Waals surface area contributed by atoms with E-state index in [-0.39, 0.29) is 0 Å². The van der Waals surface area contributed by atoms with Gasteiger partial charge < -0.3 is 15.4 Å². The lowest BCUT2D eigenvalue weighted by molar-refractivity contribution is 0.0602. The highest BCUT2D eigenvalue weighted by atomic mass is 32.1. The molecule has 0 radical (unpaired) electrons. The van der Waals surface area contributed by atoms with E-state index in [9.17, 15) is 4.79 Å². The fourth-order valence-electron chi connectivity index (χ4n) is 2.01. The third-order valence-corrected chi connectivity index (χ3v) is 4.05. The number of carbonyl (C=O) groups excluding carboxylic acids is 1. The summed E-state index contributed by atoms with van der Waals surface area (Å²) in [5.41, 5.74) is 8.67. The largest absolute Gasteiger partial charge is 0.465 e. The topological polar surface area (TPSA) is 55.6 Å². The van der Waals surface area contributed by atoms with Crippen LogP contribution in [0.4, 0.5) is 11.4 Å². The van der Waals surface area contributed by atoms with Gasteiger partial charge in [-0.25, -0.2) is 4.79 Å². The molecule has 0 bridgehead atoms. The Morgan fingerprint density at radius 1 is 1.45 bits per heavy atom. The Morgan fingerprint density at radius 3 is 2.80 bits per heavy atom. The molecule has 2 aromatic rings. The Bertz CT molecular complexity index is 609. The van der Waals surface area contributed by atoms with Crippen molar-refractivity contribution in [3.05, 3.63) is 45.6 Å². The third-order valence-electron chi connectivity index (χ3n) is 3.19. The SMILES string of the molecule is COC(=O)c1cc(N(C)Cc2cccs2)cc(C)c1N. The van der Waals surface area contributed by atoms with Crippen LogP contribution in [0.3, 0.4) is 0 Å². The maximum Gasteiger partial charge on any atom is 0.340 e. The van der Waals surface area contributed by atoms with Crippen molar-refractivity contribution in [2.45, 2.75) is 13.5 Å². The van der Waals surface area contributed by atoms with Gasteiger partial charge in [0.25, 0.3) is 0 Å². The van der Waals surface area contributed by atoms with Crippen molar-refractivity contribution in [1.29, 1.82) is 0 Å². The number of carbonyl (C=O) groups is 1. The fraction of sp³-hybridized carbons (Fsp3) is 0.267. The number of nitrogen functional groups attached to an aromatic ring is 1. The van der Waals surface area contributed by atoms with Gasteiger partial charge in [-0.1, -0.05) is 6.07 Å². The smallest absolute Gasteiger partial charge is 0.340 e. The van der Waals surface area contributed by atoms with E-state index in [1.54, 1.807) is 17.4 Å². The molecule has 4 nitrogen and oxygen atoms in total. The van der Waals surface area contributed by atoms with E-state index < -0.39 is 5.97 Å². The molecule has 1 aromatic heterocycles. The Balaban J connectivity index is 2.32. The number of nitrogens with zero attached hydrogens (tertiary/aromatic N) is 1. The van der Waals surface area contributed by atoms with E-state index in [1.165, 1.54) is 12.0 Å². The molecule has 0 unspecified atom stereocenters. The molecule has 0 atom stereocenters. The van der Waals surface area contributed by atoms with Gasteiger partial charge in [-0.05, 0) is 36.1 Å². The molecular formula is C15H18N2O2S. The first-order valence-corrected chi connectivity index (χ1v) is 7.13. The molecule has 2 N–H and O–H groups in total. The monoisotopic (exact) mass is 290 g/mol. The van der Waals surface area contributed by atoms with Gasteiger partial charge in [-0.3, -0.25) is 0 Å². The highest BCUT2D eigenvalue weighted by Crippen LogP contribution is 2.27. The molecule has 1 aromatic carbocycles. The van der Waals surface area contributed by atoms with Gasteiger partial charge in [0.2, 0.25) is 0 Å². The van der Waals surface area contributed by atoms with Gasteiger partial charge in [-0.15, -0.1) is 11.3 Å². The number of nitrogens with two attached hydrogens (primary N) is 1. The van der Waals surface area contributed by atoms with Crippen LogP contribution in [0.25, 0.3) is 0 Å². The Morgan fingerprint density at radius 2 is 2.20 bits per heavy atom. The quantitative estimate of drug-likeness (QED) is 0.694. The first-order chi connectivity index (χ1) is 9.52. The number of methoxy groups -OCH3 is 1. The molecule has 0 amide bonds.